The molecule has 22 heavy (non-hydrogen) atoms. The molecule has 0 saturated carbocycles. The number of benzene rings is 1. The quantitative estimate of drug-likeness (QED) is 0.894. The Balaban J connectivity index is 0.00000176. The Morgan fingerprint density at radius 2 is 1.91 bits per heavy atom. The number of piperazine rings is 1. The van der Waals surface area contributed by atoms with E-state index in [1.165, 1.54) is 0 Å². The summed E-state index contributed by atoms with van der Waals surface area (Å²) in [6, 6.07) is 6.87. The van der Waals surface area contributed by atoms with Gasteiger partial charge in [0.1, 0.15) is 0 Å². The molecule has 0 aliphatic carbocycles. The van der Waals surface area contributed by atoms with Crippen molar-refractivity contribution >= 4 is 41.5 Å². The van der Waals surface area contributed by atoms with Gasteiger partial charge < -0.3 is 10.2 Å². The lowest BCUT2D eigenvalue weighted by molar-refractivity contribution is 0.0729. The summed E-state index contributed by atoms with van der Waals surface area (Å²) in [6.07, 6.45) is 1.73. The fraction of sp³-hybridized carbons (Fsp3) is 0.286. The second-order valence-electron chi connectivity index (χ2n) is 4.78. The number of aromatic nitrogens is 2. The van der Waals surface area contributed by atoms with Crippen LogP contribution in [-0.4, -0.2) is 46.8 Å². The van der Waals surface area contributed by atoms with Crippen LogP contribution in [0.5, 0.6) is 0 Å². The number of halogens is 3. The Morgan fingerprint density at radius 1 is 1.18 bits per heavy atom. The lowest BCUT2D eigenvalue weighted by Gasteiger charge is -2.26. The highest BCUT2D eigenvalue weighted by Crippen LogP contribution is 2.24. The maximum absolute atomic E-state index is 12.4. The van der Waals surface area contributed by atoms with Gasteiger partial charge in [-0.15, -0.1) is 12.4 Å². The molecule has 0 unspecified atom stereocenters. The van der Waals surface area contributed by atoms with Crippen molar-refractivity contribution in [2.45, 2.75) is 0 Å². The third-order valence-corrected chi connectivity index (χ3v) is 3.91. The predicted octanol–water partition coefficient (Wildman–Crippen LogP) is 2.65. The van der Waals surface area contributed by atoms with Crippen LogP contribution in [0.3, 0.4) is 0 Å². The minimum absolute atomic E-state index is 0. The topological polar surface area (TPSA) is 50.2 Å². The van der Waals surface area contributed by atoms with Gasteiger partial charge in [-0.1, -0.05) is 23.2 Å². The first-order chi connectivity index (χ1) is 10.1. The molecule has 1 aromatic carbocycles. The van der Waals surface area contributed by atoms with Crippen LogP contribution >= 0.6 is 35.6 Å². The molecule has 1 amide bonds. The van der Waals surface area contributed by atoms with Gasteiger partial charge in [-0.05, 0) is 24.3 Å². The first-order valence-electron chi connectivity index (χ1n) is 6.66. The number of nitrogens with zero attached hydrogens (tertiary/aromatic N) is 3. The fourth-order valence-electron chi connectivity index (χ4n) is 2.27. The normalized spacial score (nSPS) is 14.5. The number of hydrogen-bond acceptors (Lipinski definition) is 3. The molecule has 2 heterocycles. The second kappa shape index (κ2) is 7.33. The molecule has 1 aliphatic heterocycles. The molecule has 3 rings (SSSR count). The van der Waals surface area contributed by atoms with Crippen LogP contribution in [0.25, 0.3) is 5.69 Å². The van der Waals surface area contributed by atoms with Gasteiger partial charge in [0.05, 0.1) is 10.7 Å². The maximum Gasteiger partial charge on any atom is 0.274 e. The van der Waals surface area contributed by atoms with Crippen LogP contribution in [0.15, 0.2) is 30.5 Å². The van der Waals surface area contributed by atoms with Crippen molar-refractivity contribution in [1.82, 2.24) is 20.0 Å². The monoisotopic (exact) mass is 360 g/mol. The molecule has 1 saturated heterocycles. The smallest absolute Gasteiger partial charge is 0.274 e. The molecule has 0 radical (unpaired) electrons. The minimum atomic E-state index is -0.0552. The number of carbonyl (C=O) groups is 1. The minimum Gasteiger partial charge on any atom is -0.335 e. The summed E-state index contributed by atoms with van der Waals surface area (Å²) >= 11 is 12.0. The molecule has 1 fully saturated rings. The molecule has 5 nitrogen and oxygen atoms in total. The number of hydrogen-bond donors (Lipinski definition) is 1. The largest absolute Gasteiger partial charge is 0.335 e. The van der Waals surface area contributed by atoms with E-state index < -0.39 is 0 Å². The molecule has 118 valence electrons. The second-order valence-corrected chi connectivity index (χ2v) is 5.63. The van der Waals surface area contributed by atoms with E-state index in [2.05, 4.69) is 10.4 Å². The molecule has 2 aromatic rings. The average molecular weight is 362 g/mol. The van der Waals surface area contributed by atoms with Crippen LogP contribution in [0.1, 0.15) is 10.5 Å². The van der Waals surface area contributed by atoms with E-state index in [9.17, 15) is 4.79 Å². The summed E-state index contributed by atoms with van der Waals surface area (Å²) < 4.78 is 1.59. The molecule has 1 N–H and O–H groups in total. The lowest BCUT2D eigenvalue weighted by atomic mass is 10.3. The van der Waals surface area contributed by atoms with E-state index in [0.29, 0.717) is 34.5 Å². The Hall–Kier alpha value is -1.27. The number of nitrogens with one attached hydrogen (secondary N) is 1. The number of rotatable bonds is 2. The van der Waals surface area contributed by atoms with E-state index in [0.717, 1.165) is 13.1 Å². The van der Waals surface area contributed by atoms with Crippen LogP contribution in [0.4, 0.5) is 0 Å². The van der Waals surface area contributed by atoms with Crippen LogP contribution in [0.2, 0.25) is 10.0 Å². The molecule has 0 bridgehead atoms. The Labute approximate surface area is 144 Å². The van der Waals surface area contributed by atoms with Crippen molar-refractivity contribution in [3.63, 3.8) is 0 Å². The van der Waals surface area contributed by atoms with Gasteiger partial charge in [0.15, 0.2) is 5.69 Å². The SMILES string of the molecule is Cl.O=C(c1ccn(-c2ccc(Cl)cc2Cl)n1)N1CCNCC1. The van der Waals surface area contributed by atoms with Gasteiger partial charge in [0, 0.05) is 37.4 Å². The summed E-state index contributed by atoms with van der Waals surface area (Å²) in [5.41, 5.74) is 1.11. The maximum atomic E-state index is 12.4. The summed E-state index contributed by atoms with van der Waals surface area (Å²) in [6.45, 7) is 3.03. The third-order valence-electron chi connectivity index (χ3n) is 3.37. The Morgan fingerprint density at radius 3 is 2.59 bits per heavy atom. The van der Waals surface area contributed by atoms with E-state index in [4.69, 9.17) is 23.2 Å². The van der Waals surface area contributed by atoms with E-state index in [1.54, 1.807) is 40.0 Å². The first-order valence-corrected chi connectivity index (χ1v) is 7.42. The lowest BCUT2D eigenvalue weighted by Crippen LogP contribution is -2.46. The van der Waals surface area contributed by atoms with Crippen LogP contribution in [0, 0.1) is 0 Å². The molecule has 0 atom stereocenters. The zero-order valence-electron chi connectivity index (χ0n) is 11.6. The van der Waals surface area contributed by atoms with E-state index >= 15 is 0 Å². The van der Waals surface area contributed by atoms with Crippen molar-refractivity contribution in [3.05, 3.63) is 46.2 Å². The highest BCUT2D eigenvalue weighted by molar-refractivity contribution is 6.35. The summed E-state index contributed by atoms with van der Waals surface area (Å²) in [4.78, 5) is 14.1. The van der Waals surface area contributed by atoms with Crippen molar-refractivity contribution in [2.24, 2.45) is 0 Å². The summed E-state index contributed by atoms with van der Waals surface area (Å²) in [5, 5.41) is 8.59. The van der Waals surface area contributed by atoms with Crippen LogP contribution in [-0.2, 0) is 0 Å². The van der Waals surface area contributed by atoms with Crippen LogP contribution < -0.4 is 5.32 Å². The zero-order valence-corrected chi connectivity index (χ0v) is 14.0. The van der Waals surface area contributed by atoms with Crippen molar-refractivity contribution in [2.75, 3.05) is 26.2 Å². The molecule has 0 spiro atoms. The molecule has 1 aliphatic rings. The first kappa shape index (κ1) is 17.1. The number of carbonyl (C=O) groups excluding carboxylic acids is 1. The van der Waals surface area contributed by atoms with E-state index in [1.807, 2.05) is 0 Å². The van der Waals surface area contributed by atoms with Gasteiger partial charge in [-0.2, -0.15) is 5.10 Å². The Bertz CT molecular complexity index is 668. The van der Waals surface area contributed by atoms with Gasteiger partial charge in [-0.25, -0.2) is 4.68 Å². The van der Waals surface area contributed by atoms with Gasteiger partial charge in [0.2, 0.25) is 0 Å². The molecule has 1 aromatic heterocycles. The molecular formula is C14H15Cl3N4O. The summed E-state index contributed by atoms with van der Waals surface area (Å²) in [5.74, 6) is -0.0552. The zero-order chi connectivity index (χ0) is 14.8. The third kappa shape index (κ3) is 3.55. The number of amides is 1. The fourth-order valence-corrected chi connectivity index (χ4v) is 2.76. The highest BCUT2D eigenvalue weighted by Gasteiger charge is 2.20. The standard InChI is InChI=1S/C14H14Cl2N4O.ClH/c15-10-1-2-13(11(16)9-10)20-6-3-12(18-20)14(21)19-7-4-17-5-8-19;/h1-3,6,9,17H,4-5,7-8H2;1H. The average Bonchev–Trinajstić information content (AvgIpc) is 2.97. The van der Waals surface area contributed by atoms with Crippen molar-refractivity contribution < 1.29 is 4.79 Å². The highest BCUT2D eigenvalue weighted by atomic mass is 35.5. The van der Waals surface area contributed by atoms with Gasteiger partial charge >= 0.3 is 0 Å². The van der Waals surface area contributed by atoms with Crippen molar-refractivity contribution in [1.29, 1.82) is 0 Å². The molecular weight excluding hydrogens is 347 g/mol. The molecule has 8 heteroatoms. The van der Waals surface area contributed by atoms with E-state index in [-0.39, 0.29) is 18.3 Å². The van der Waals surface area contributed by atoms with Crippen molar-refractivity contribution in [3.8, 4) is 5.69 Å². The van der Waals surface area contributed by atoms with Gasteiger partial charge in [0.25, 0.3) is 5.91 Å². The predicted molar refractivity (Wildman–Crippen MR) is 89.6 cm³/mol. The summed E-state index contributed by atoms with van der Waals surface area (Å²) in [7, 11) is 0. The Kier molecular flexibility index (Phi) is 5.69. The van der Waals surface area contributed by atoms with Gasteiger partial charge in [-0.3, -0.25) is 4.79 Å².